The third kappa shape index (κ3) is 1.62. The molecule has 2 nitrogen and oxygen atoms in total. The minimum absolute atomic E-state index is 0.137. The van der Waals surface area contributed by atoms with Crippen LogP contribution in [0.2, 0.25) is 0 Å². The second-order valence-corrected chi connectivity index (χ2v) is 3.72. The molecule has 0 amide bonds. The van der Waals surface area contributed by atoms with E-state index in [4.69, 9.17) is 0 Å². The highest BCUT2D eigenvalue weighted by Crippen LogP contribution is 2.33. The molecule has 1 N–H and O–H groups in total. The topological polar surface area (TPSA) is 29.1 Å². The molecule has 2 rings (SSSR count). The van der Waals surface area contributed by atoms with Crippen molar-refractivity contribution in [2.75, 3.05) is 11.9 Å². The van der Waals surface area contributed by atoms with Crippen LogP contribution in [0.3, 0.4) is 0 Å². The second-order valence-electron chi connectivity index (χ2n) is 3.72. The number of ketones is 1. The molecule has 74 valence electrons. The molecule has 14 heavy (non-hydrogen) atoms. The highest BCUT2D eigenvalue weighted by atomic mass is 19.1. The van der Waals surface area contributed by atoms with E-state index in [0.29, 0.717) is 6.42 Å². The summed E-state index contributed by atoms with van der Waals surface area (Å²) in [5, 5.41) is 3.16. The number of hydrogen-bond acceptors (Lipinski definition) is 2. The van der Waals surface area contributed by atoms with Gasteiger partial charge in [0.15, 0.2) is 0 Å². The molecule has 1 unspecified atom stereocenters. The molecule has 1 aromatic carbocycles. The molecule has 3 heteroatoms. The molecular formula is C11H12FNO. The number of rotatable bonds is 2. The van der Waals surface area contributed by atoms with Gasteiger partial charge in [-0.25, -0.2) is 4.39 Å². The molecule has 1 aliphatic heterocycles. The van der Waals surface area contributed by atoms with Crippen molar-refractivity contribution in [3.8, 4) is 0 Å². The fraction of sp³-hybridized carbons (Fsp3) is 0.364. The predicted molar refractivity (Wildman–Crippen MR) is 52.9 cm³/mol. The second kappa shape index (κ2) is 3.40. The van der Waals surface area contributed by atoms with E-state index in [2.05, 4.69) is 5.32 Å². The Morgan fingerprint density at radius 1 is 1.64 bits per heavy atom. The number of anilines is 1. The van der Waals surface area contributed by atoms with Crippen LogP contribution in [0.15, 0.2) is 18.2 Å². The molecular weight excluding hydrogens is 181 g/mol. The molecule has 1 heterocycles. The average molecular weight is 193 g/mol. The van der Waals surface area contributed by atoms with Gasteiger partial charge in [0.25, 0.3) is 0 Å². The first-order valence-electron chi connectivity index (χ1n) is 4.69. The minimum atomic E-state index is -0.235. The highest BCUT2D eigenvalue weighted by molar-refractivity contribution is 5.77. The first kappa shape index (κ1) is 9.19. The maximum atomic E-state index is 13.0. The number of hydrogen-bond donors (Lipinski definition) is 1. The van der Waals surface area contributed by atoms with Crippen molar-refractivity contribution >= 4 is 11.5 Å². The number of Topliss-reactive ketones (excluding diaryl/α,β-unsaturated/α-hetero) is 1. The summed E-state index contributed by atoms with van der Waals surface area (Å²) in [7, 11) is 0. The molecule has 0 aromatic heterocycles. The maximum Gasteiger partial charge on any atom is 0.130 e. The summed E-state index contributed by atoms with van der Waals surface area (Å²) >= 11 is 0. The molecule has 1 aromatic rings. The van der Waals surface area contributed by atoms with E-state index in [9.17, 15) is 9.18 Å². The molecule has 0 aliphatic carbocycles. The fourth-order valence-corrected chi connectivity index (χ4v) is 1.90. The molecule has 0 fully saturated rings. The van der Waals surface area contributed by atoms with Gasteiger partial charge in [-0.05, 0) is 30.7 Å². The van der Waals surface area contributed by atoms with Crippen molar-refractivity contribution in [1.82, 2.24) is 0 Å². The van der Waals surface area contributed by atoms with Gasteiger partial charge in [-0.2, -0.15) is 0 Å². The molecule has 0 spiro atoms. The zero-order valence-corrected chi connectivity index (χ0v) is 8.01. The van der Waals surface area contributed by atoms with Crippen molar-refractivity contribution in [3.05, 3.63) is 29.6 Å². The van der Waals surface area contributed by atoms with E-state index >= 15 is 0 Å². The lowest BCUT2D eigenvalue weighted by Gasteiger charge is -2.06. The lowest BCUT2D eigenvalue weighted by molar-refractivity contribution is -0.117. The molecule has 0 saturated carbocycles. The van der Waals surface area contributed by atoms with Crippen LogP contribution in [-0.2, 0) is 4.79 Å². The normalized spacial score (nSPS) is 18.9. The van der Waals surface area contributed by atoms with Crippen molar-refractivity contribution in [3.63, 3.8) is 0 Å². The quantitative estimate of drug-likeness (QED) is 0.780. The van der Waals surface area contributed by atoms with Crippen molar-refractivity contribution in [2.45, 2.75) is 19.3 Å². The largest absolute Gasteiger partial charge is 0.384 e. The average Bonchev–Trinajstić information content (AvgIpc) is 2.47. The maximum absolute atomic E-state index is 13.0. The van der Waals surface area contributed by atoms with Gasteiger partial charge in [0, 0.05) is 24.6 Å². The van der Waals surface area contributed by atoms with Crippen LogP contribution in [0, 0.1) is 5.82 Å². The van der Waals surface area contributed by atoms with E-state index in [1.54, 1.807) is 13.0 Å². The Kier molecular flexibility index (Phi) is 2.23. The van der Waals surface area contributed by atoms with Crippen molar-refractivity contribution in [1.29, 1.82) is 0 Å². The SMILES string of the molecule is CC(=O)CC1CNc2ccc(F)cc21. The van der Waals surface area contributed by atoms with Gasteiger partial charge in [0.05, 0.1) is 0 Å². The number of carbonyl (C=O) groups is 1. The summed E-state index contributed by atoms with van der Waals surface area (Å²) in [5.41, 5.74) is 1.89. The Balaban J connectivity index is 2.28. The zero-order valence-electron chi connectivity index (χ0n) is 8.01. The van der Waals surface area contributed by atoms with Crippen LogP contribution >= 0.6 is 0 Å². The molecule has 0 saturated heterocycles. The number of halogens is 1. The predicted octanol–water partition coefficient (Wildman–Crippen LogP) is 2.31. The van der Waals surface area contributed by atoms with Gasteiger partial charge in [-0.3, -0.25) is 0 Å². The van der Waals surface area contributed by atoms with Crippen molar-refractivity contribution in [2.24, 2.45) is 0 Å². The number of nitrogens with one attached hydrogen (secondary N) is 1. The van der Waals surface area contributed by atoms with Gasteiger partial charge in [-0.15, -0.1) is 0 Å². The van der Waals surface area contributed by atoms with E-state index < -0.39 is 0 Å². The number of benzene rings is 1. The fourth-order valence-electron chi connectivity index (χ4n) is 1.90. The van der Waals surface area contributed by atoms with E-state index in [-0.39, 0.29) is 17.5 Å². The van der Waals surface area contributed by atoms with Gasteiger partial charge in [0.1, 0.15) is 11.6 Å². The molecule has 0 bridgehead atoms. The van der Waals surface area contributed by atoms with Crippen LogP contribution in [0.5, 0.6) is 0 Å². The van der Waals surface area contributed by atoms with Gasteiger partial charge >= 0.3 is 0 Å². The van der Waals surface area contributed by atoms with E-state index in [1.165, 1.54) is 12.1 Å². The van der Waals surface area contributed by atoms with Gasteiger partial charge < -0.3 is 10.1 Å². The Morgan fingerprint density at radius 2 is 2.43 bits per heavy atom. The van der Waals surface area contributed by atoms with E-state index in [0.717, 1.165) is 17.8 Å². The summed E-state index contributed by atoms with van der Waals surface area (Å²) in [6, 6.07) is 4.68. The van der Waals surface area contributed by atoms with Crippen LogP contribution in [-0.4, -0.2) is 12.3 Å². The summed E-state index contributed by atoms with van der Waals surface area (Å²) in [5.74, 6) is 0.0492. The molecule has 1 aliphatic rings. The summed E-state index contributed by atoms with van der Waals surface area (Å²) in [6.45, 7) is 2.30. The van der Waals surface area contributed by atoms with Gasteiger partial charge in [-0.1, -0.05) is 0 Å². The lowest BCUT2D eigenvalue weighted by atomic mass is 9.96. The summed E-state index contributed by atoms with van der Waals surface area (Å²) in [4.78, 5) is 11.0. The van der Waals surface area contributed by atoms with E-state index in [1.807, 2.05) is 0 Å². The Labute approximate surface area is 82.1 Å². The van der Waals surface area contributed by atoms with Crippen LogP contribution < -0.4 is 5.32 Å². The van der Waals surface area contributed by atoms with Gasteiger partial charge in [0.2, 0.25) is 0 Å². The molecule has 0 radical (unpaired) electrons. The van der Waals surface area contributed by atoms with Crippen molar-refractivity contribution < 1.29 is 9.18 Å². The summed E-state index contributed by atoms with van der Waals surface area (Å²) in [6.07, 6.45) is 0.490. The summed E-state index contributed by atoms with van der Waals surface area (Å²) < 4.78 is 13.0. The Morgan fingerprint density at radius 3 is 3.14 bits per heavy atom. The zero-order chi connectivity index (χ0) is 10.1. The third-order valence-electron chi connectivity index (χ3n) is 2.53. The first-order valence-corrected chi connectivity index (χ1v) is 4.69. The minimum Gasteiger partial charge on any atom is -0.384 e. The Bertz CT molecular complexity index is 376. The number of carbonyl (C=O) groups excluding carboxylic acids is 1. The number of fused-ring (bicyclic) bond motifs is 1. The third-order valence-corrected chi connectivity index (χ3v) is 2.53. The van der Waals surface area contributed by atoms with Crippen LogP contribution in [0.1, 0.15) is 24.8 Å². The highest BCUT2D eigenvalue weighted by Gasteiger charge is 2.23. The Hall–Kier alpha value is -1.38. The standard InChI is InChI=1S/C11H12FNO/c1-7(14)4-8-6-13-11-3-2-9(12)5-10(8)11/h2-3,5,8,13H,4,6H2,1H3. The smallest absolute Gasteiger partial charge is 0.130 e. The lowest BCUT2D eigenvalue weighted by Crippen LogP contribution is -2.06. The first-order chi connectivity index (χ1) is 6.66. The monoisotopic (exact) mass is 193 g/mol. The van der Waals surface area contributed by atoms with Crippen LogP contribution in [0.25, 0.3) is 0 Å². The molecule has 1 atom stereocenters. The van der Waals surface area contributed by atoms with Crippen LogP contribution in [0.4, 0.5) is 10.1 Å².